The van der Waals surface area contributed by atoms with E-state index in [0.717, 1.165) is 32.1 Å². The summed E-state index contributed by atoms with van der Waals surface area (Å²) in [4.78, 5) is 0. The van der Waals surface area contributed by atoms with Gasteiger partial charge in [-0.05, 0) is 63.2 Å². The molecule has 2 aliphatic carbocycles. The van der Waals surface area contributed by atoms with Crippen LogP contribution in [0.3, 0.4) is 0 Å². The molecule has 2 saturated carbocycles. The number of rotatable bonds is 2. The van der Waals surface area contributed by atoms with Crippen LogP contribution in [-0.2, 0) is 4.74 Å². The van der Waals surface area contributed by atoms with Crippen LogP contribution in [0.25, 0.3) is 0 Å². The van der Waals surface area contributed by atoms with Gasteiger partial charge in [0.25, 0.3) is 0 Å². The van der Waals surface area contributed by atoms with E-state index < -0.39 is 18.2 Å². The highest BCUT2D eigenvalue weighted by Crippen LogP contribution is 2.48. The Morgan fingerprint density at radius 3 is 2.43 bits per heavy atom. The van der Waals surface area contributed by atoms with Gasteiger partial charge in [0.1, 0.15) is 0 Å². The zero-order valence-corrected chi connectivity index (χ0v) is 12.4. The molecule has 0 aromatic carbocycles. The summed E-state index contributed by atoms with van der Waals surface area (Å²) >= 11 is 0. The molecule has 1 heterocycles. The molecule has 1 aliphatic heterocycles. The third kappa shape index (κ3) is 3.24. The molecule has 21 heavy (non-hydrogen) atoms. The highest BCUT2D eigenvalue weighted by atomic mass is 19.4. The van der Waals surface area contributed by atoms with Gasteiger partial charge >= 0.3 is 6.18 Å². The van der Waals surface area contributed by atoms with Crippen LogP contribution in [0.2, 0.25) is 0 Å². The van der Waals surface area contributed by atoms with Gasteiger partial charge < -0.3 is 9.84 Å². The van der Waals surface area contributed by atoms with Crippen molar-refractivity contribution in [3.05, 3.63) is 0 Å². The first-order valence-electron chi connectivity index (χ1n) is 8.28. The Morgan fingerprint density at radius 2 is 1.81 bits per heavy atom. The molecular formula is C16H25F3O2. The van der Waals surface area contributed by atoms with Gasteiger partial charge in [-0.1, -0.05) is 6.42 Å². The Labute approximate surface area is 124 Å². The maximum Gasteiger partial charge on any atom is 0.391 e. The van der Waals surface area contributed by atoms with Crippen molar-refractivity contribution in [1.82, 2.24) is 0 Å². The highest BCUT2D eigenvalue weighted by Gasteiger charge is 2.48. The summed E-state index contributed by atoms with van der Waals surface area (Å²) in [6.45, 7) is 0.650. The smallest absolute Gasteiger partial charge is 0.391 e. The molecule has 1 N–H and O–H groups in total. The molecule has 4 atom stereocenters. The average Bonchev–Trinajstić information content (AvgIpc) is 2.44. The fourth-order valence-corrected chi connectivity index (χ4v) is 4.50. The van der Waals surface area contributed by atoms with Crippen molar-refractivity contribution >= 4 is 0 Å². The summed E-state index contributed by atoms with van der Waals surface area (Å²) < 4.78 is 44.6. The number of hydrogen-bond donors (Lipinski definition) is 1. The van der Waals surface area contributed by atoms with Gasteiger partial charge in [0, 0.05) is 6.61 Å². The molecule has 0 aromatic heterocycles. The van der Waals surface area contributed by atoms with E-state index in [4.69, 9.17) is 4.74 Å². The van der Waals surface area contributed by atoms with Crippen LogP contribution in [0.5, 0.6) is 0 Å². The molecule has 3 aliphatic rings. The standard InChI is InChI=1S/C16H25F3O2/c17-16(18,19)13-4-1-3-11(9-13)14(20)12-5-8-21-15(10-12)6-2-7-15/h11-14,20H,1-10H2. The van der Waals surface area contributed by atoms with Gasteiger partial charge in [0.15, 0.2) is 0 Å². The lowest BCUT2D eigenvalue weighted by atomic mass is 9.67. The van der Waals surface area contributed by atoms with Crippen LogP contribution >= 0.6 is 0 Å². The predicted molar refractivity (Wildman–Crippen MR) is 72.8 cm³/mol. The molecule has 0 aromatic rings. The molecule has 0 radical (unpaired) electrons. The van der Waals surface area contributed by atoms with E-state index in [2.05, 4.69) is 0 Å². The number of alkyl halides is 3. The molecule has 3 rings (SSSR count). The van der Waals surface area contributed by atoms with E-state index in [1.165, 1.54) is 6.42 Å². The lowest BCUT2D eigenvalue weighted by Crippen LogP contribution is -2.49. The van der Waals surface area contributed by atoms with Gasteiger partial charge in [-0.15, -0.1) is 0 Å². The average molecular weight is 306 g/mol. The molecule has 122 valence electrons. The molecular weight excluding hydrogens is 281 g/mol. The zero-order valence-electron chi connectivity index (χ0n) is 12.4. The fourth-order valence-electron chi connectivity index (χ4n) is 4.50. The first-order valence-corrected chi connectivity index (χ1v) is 8.28. The van der Waals surface area contributed by atoms with E-state index in [0.29, 0.717) is 13.0 Å². The summed E-state index contributed by atoms with van der Waals surface area (Å²) in [7, 11) is 0. The quantitative estimate of drug-likeness (QED) is 0.833. The summed E-state index contributed by atoms with van der Waals surface area (Å²) in [6.07, 6.45) is 1.84. The van der Waals surface area contributed by atoms with Gasteiger partial charge in [-0.3, -0.25) is 0 Å². The van der Waals surface area contributed by atoms with E-state index in [-0.39, 0.29) is 30.3 Å². The Kier molecular flexibility index (Phi) is 4.25. The number of aliphatic hydroxyl groups is 1. The first-order chi connectivity index (χ1) is 9.90. The Morgan fingerprint density at radius 1 is 1.05 bits per heavy atom. The van der Waals surface area contributed by atoms with Crippen molar-refractivity contribution in [2.45, 2.75) is 75.7 Å². The Hall–Kier alpha value is -0.290. The number of halogens is 3. The first kappa shape index (κ1) is 15.6. The van der Waals surface area contributed by atoms with Crippen molar-refractivity contribution in [3.63, 3.8) is 0 Å². The van der Waals surface area contributed by atoms with Crippen LogP contribution in [-0.4, -0.2) is 29.6 Å². The molecule has 0 bridgehead atoms. The monoisotopic (exact) mass is 306 g/mol. The van der Waals surface area contributed by atoms with Crippen LogP contribution in [0.4, 0.5) is 13.2 Å². The van der Waals surface area contributed by atoms with Crippen LogP contribution in [0.1, 0.15) is 57.8 Å². The minimum absolute atomic E-state index is 0.0536. The summed E-state index contributed by atoms with van der Waals surface area (Å²) in [5.74, 6) is -1.29. The molecule has 1 saturated heterocycles. The Bertz CT molecular complexity index is 365. The Balaban J connectivity index is 1.60. The molecule has 3 fully saturated rings. The van der Waals surface area contributed by atoms with Gasteiger partial charge in [-0.25, -0.2) is 0 Å². The predicted octanol–water partition coefficient (Wildman–Crippen LogP) is 4.07. The van der Waals surface area contributed by atoms with Gasteiger partial charge in [-0.2, -0.15) is 13.2 Å². The van der Waals surface area contributed by atoms with Gasteiger partial charge in [0.2, 0.25) is 0 Å². The summed E-state index contributed by atoms with van der Waals surface area (Å²) in [5.41, 5.74) is -0.0536. The summed E-state index contributed by atoms with van der Waals surface area (Å²) in [6, 6.07) is 0. The van der Waals surface area contributed by atoms with E-state index in [1.807, 2.05) is 0 Å². The second-order valence-corrected chi connectivity index (χ2v) is 7.29. The highest BCUT2D eigenvalue weighted by molar-refractivity contribution is 4.97. The minimum atomic E-state index is -4.11. The second-order valence-electron chi connectivity index (χ2n) is 7.29. The second kappa shape index (κ2) is 5.73. The SMILES string of the molecule is OC(C1CCCC(C(F)(F)F)C1)C1CCOC2(CCC2)C1. The third-order valence-electron chi connectivity index (χ3n) is 5.94. The van der Waals surface area contributed by atoms with Crippen LogP contribution < -0.4 is 0 Å². The topological polar surface area (TPSA) is 29.5 Å². The van der Waals surface area contributed by atoms with E-state index in [1.54, 1.807) is 0 Å². The molecule has 1 spiro atoms. The molecule has 2 nitrogen and oxygen atoms in total. The van der Waals surface area contributed by atoms with Gasteiger partial charge in [0.05, 0.1) is 17.6 Å². The number of hydrogen-bond acceptors (Lipinski definition) is 2. The molecule has 5 heteroatoms. The van der Waals surface area contributed by atoms with Crippen molar-refractivity contribution in [3.8, 4) is 0 Å². The maximum absolute atomic E-state index is 12.9. The lowest BCUT2D eigenvalue weighted by Gasteiger charge is -2.49. The fraction of sp³-hybridized carbons (Fsp3) is 1.00. The van der Waals surface area contributed by atoms with E-state index >= 15 is 0 Å². The number of ether oxygens (including phenoxy) is 1. The minimum Gasteiger partial charge on any atom is -0.393 e. The number of aliphatic hydroxyl groups excluding tert-OH is 1. The maximum atomic E-state index is 12.9. The van der Waals surface area contributed by atoms with Crippen LogP contribution in [0, 0.1) is 17.8 Å². The van der Waals surface area contributed by atoms with Crippen molar-refractivity contribution in [2.24, 2.45) is 17.8 Å². The lowest BCUT2D eigenvalue weighted by molar-refractivity contribution is -0.194. The zero-order chi connectivity index (χ0) is 15.1. The van der Waals surface area contributed by atoms with Crippen molar-refractivity contribution in [2.75, 3.05) is 6.61 Å². The van der Waals surface area contributed by atoms with Crippen molar-refractivity contribution < 1.29 is 23.0 Å². The largest absolute Gasteiger partial charge is 0.393 e. The third-order valence-corrected chi connectivity index (χ3v) is 5.94. The van der Waals surface area contributed by atoms with Crippen molar-refractivity contribution in [1.29, 1.82) is 0 Å². The van der Waals surface area contributed by atoms with Crippen LogP contribution in [0.15, 0.2) is 0 Å². The van der Waals surface area contributed by atoms with E-state index in [9.17, 15) is 18.3 Å². The summed E-state index contributed by atoms with van der Waals surface area (Å²) in [5, 5.41) is 10.6. The molecule has 0 amide bonds. The normalized spacial score (nSPS) is 38.0. The molecule has 4 unspecified atom stereocenters.